The summed E-state index contributed by atoms with van der Waals surface area (Å²) in [6.45, 7) is 5.70. The number of nitrogens with zero attached hydrogens (tertiary/aromatic N) is 6. The third-order valence-corrected chi connectivity index (χ3v) is 7.41. The Morgan fingerprint density at radius 1 is 1.13 bits per heavy atom. The number of carbonyl (C=O) groups is 1. The predicted molar refractivity (Wildman–Crippen MR) is 106 cm³/mol. The molecule has 1 saturated carbocycles. The van der Waals surface area contributed by atoms with Gasteiger partial charge in [0.1, 0.15) is 13.1 Å². The Morgan fingerprint density at radius 2 is 1.77 bits per heavy atom. The summed E-state index contributed by atoms with van der Waals surface area (Å²) in [5.41, 5.74) is 0.00408. The lowest BCUT2D eigenvalue weighted by atomic mass is 9.63. The van der Waals surface area contributed by atoms with Crippen LogP contribution >= 0.6 is 0 Å². The van der Waals surface area contributed by atoms with Crippen LogP contribution in [0.25, 0.3) is 11.0 Å². The van der Waals surface area contributed by atoms with Gasteiger partial charge in [0.05, 0.1) is 44.9 Å². The second-order valence-electron chi connectivity index (χ2n) is 8.69. The molecule has 4 rings (SSSR count). The lowest BCUT2D eigenvalue weighted by molar-refractivity contribution is -0.384. The van der Waals surface area contributed by atoms with E-state index >= 15 is 0 Å². The van der Waals surface area contributed by atoms with Gasteiger partial charge in [-0.3, -0.25) is 14.9 Å². The molecule has 2 aliphatic carbocycles. The van der Waals surface area contributed by atoms with Crippen molar-refractivity contribution in [1.29, 1.82) is 10.5 Å². The zero-order chi connectivity index (χ0) is 21.9. The van der Waals surface area contributed by atoms with Crippen LogP contribution in [0.3, 0.4) is 0 Å². The van der Waals surface area contributed by atoms with Crippen LogP contribution in [-0.4, -0.2) is 38.8 Å². The molecule has 0 saturated heterocycles. The van der Waals surface area contributed by atoms with Gasteiger partial charge in [0.2, 0.25) is 5.91 Å². The van der Waals surface area contributed by atoms with Gasteiger partial charge >= 0.3 is 0 Å². The average Bonchev–Trinajstić information content (AvgIpc) is 3.00. The summed E-state index contributed by atoms with van der Waals surface area (Å²) in [5.74, 6) is -0.308. The molecule has 152 valence electrons. The van der Waals surface area contributed by atoms with Crippen LogP contribution in [0.15, 0.2) is 18.2 Å². The van der Waals surface area contributed by atoms with Crippen LogP contribution in [0.4, 0.5) is 5.69 Å². The molecule has 1 aromatic carbocycles. The van der Waals surface area contributed by atoms with Gasteiger partial charge in [-0.25, -0.2) is 9.97 Å². The minimum absolute atomic E-state index is 0.0960. The molecule has 2 aromatic rings. The fraction of sp³-hybridized carbons (Fsp3) is 0.476. The predicted octanol–water partition coefficient (Wildman–Crippen LogP) is 2.74. The van der Waals surface area contributed by atoms with Gasteiger partial charge in [0.25, 0.3) is 5.69 Å². The summed E-state index contributed by atoms with van der Waals surface area (Å²) in [4.78, 5) is 35.3. The number of carbonyl (C=O) groups excluding carboxylic acids is 1. The smallest absolute Gasteiger partial charge is 0.271 e. The Bertz CT molecular complexity index is 1180. The highest BCUT2D eigenvalue weighted by atomic mass is 16.6. The molecule has 30 heavy (non-hydrogen) atoms. The van der Waals surface area contributed by atoms with Crippen molar-refractivity contribution in [2.45, 2.75) is 44.4 Å². The quantitative estimate of drug-likeness (QED) is 0.434. The molecule has 9 heteroatoms. The van der Waals surface area contributed by atoms with Crippen LogP contribution in [0.2, 0.25) is 0 Å². The highest BCUT2D eigenvalue weighted by Crippen LogP contribution is 2.70. The first-order valence-corrected chi connectivity index (χ1v) is 9.64. The van der Waals surface area contributed by atoms with Gasteiger partial charge < -0.3 is 4.90 Å². The molecule has 1 aromatic heterocycles. The van der Waals surface area contributed by atoms with E-state index < -0.39 is 21.2 Å². The van der Waals surface area contributed by atoms with Crippen molar-refractivity contribution in [3.8, 4) is 12.1 Å². The number of benzene rings is 1. The van der Waals surface area contributed by atoms with Crippen molar-refractivity contribution in [3.63, 3.8) is 0 Å². The molecule has 9 nitrogen and oxygen atoms in total. The average molecular weight is 404 g/mol. The van der Waals surface area contributed by atoms with Gasteiger partial charge in [-0.15, -0.1) is 0 Å². The van der Waals surface area contributed by atoms with E-state index in [2.05, 4.69) is 6.92 Å². The van der Waals surface area contributed by atoms with E-state index in [1.54, 1.807) is 6.07 Å². The van der Waals surface area contributed by atoms with Gasteiger partial charge in [0.15, 0.2) is 0 Å². The van der Waals surface area contributed by atoms with Gasteiger partial charge in [0, 0.05) is 17.5 Å². The van der Waals surface area contributed by atoms with E-state index in [0.29, 0.717) is 23.1 Å². The second kappa shape index (κ2) is 6.20. The molecule has 2 bridgehead atoms. The van der Waals surface area contributed by atoms with E-state index in [1.165, 1.54) is 17.0 Å². The van der Waals surface area contributed by atoms with E-state index in [1.807, 2.05) is 26.0 Å². The molecule has 2 aliphatic rings. The highest BCUT2D eigenvalue weighted by molar-refractivity contribution is 5.93. The molecular formula is C21H20N6O3. The van der Waals surface area contributed by atoms with Crippen LogP contribution < -0.4 is 0 Å². The van der Waals surface area contributed by atoms with Gasteiger partial charge in [-0.1, -0.05) is 20.8 Å². The van der Waals surface area contributed by atoms with Crippen molar-refractivity contribution in [2.24, 2.45) is 5.41 Å². The first kappa shape index (κ1) is 19.7. The molecular weight excluding hydrogens is 384 g/mol. The van der Waals surface area contributed by atoms with E-state index in [0.717, 1.165) is 12.1 Å². The molecule has 0 radical (unpaired) electrons. The number of hydrogen-bond acceptors (Lipinski definition) is 7. The summed E-state index contributed by atoms with van der Waals surface area (Å²) in [6.07, 6.45) is 1.24. The summed E-state index contributed by atoms with van der Waals surface area (Å²) >= 11 is 0. The molecule has 1 fully saturated rings. The lowest BCUT2D eigenvalue weighted by Crippen LogP contribution is -2.53. The Hall–Kier alpha value is -3.59. The third-order valence-electron chi connectivity index (χ3n) is 7.41. The van der Waals surface area contributed by atoms with Crippen LogP contribution in [0, 0.1) is 38.2 Å². The fourth-order valence-electron chi connectivity index (χ4n) is 5.32. The van der Waals surface area contributed by atoms with E-state index in [4.69, 9.17) is 9.97 Å². The molecule has 0 spiro atoms. The van der Waals surface area contributed by atoms with Crippen molar-refractivity contribution >= 4 is 22.6 Å². The number of non-ortho nitro benzene ring substituents is 1. The monoisotopic (exact) mass is 404 g/mol. The number of amides is 1. The van der Waals surface area contributed by atoms with Crippen molar-refractivity contribution in [2.75, 3.05) is 13.1 Å². The summed E-state index contributed by atoms with van der Waals surface area (Å²) in [5, 5.41) is 29.6. The van der Waals surface area contributed by atoms with Crippen LogP contribution in [0.5, 0.6) is 0 Å². The zero-order valence-electron chi connectivity index (χ0n) is 17.0. The molecule has 0 aliphatic heterocycles. The number of nitro benzene ring substituents is 1. The lowest BCUT2D eigenvalue weighted by Gasteiger charge is -2.41. The Morgan fingerprint density at radius 3 is 2.37 bits per heavy atom. The topological polar surface area (TPSA) is 137 Å². The highest BCUT2D eigenvalue weighted by Gasteiger charge is 2.73. The maximum absolute atomic E-state index is 13.8. The number of rotatable bonds is 4. The number of nitriles is 2. The summed E-state index contributed by atoms with van der Waals surface area (Å²) < 4.78 is 0. The summed E-state index contributed by atoms with van der Waals surface area (Å²) in [7, 11) is 0. The molecule has 2 atom stereocenters. The van der Waals surface area contributed by atoms with Crippen molar-refractivity contribution in [1.82, 2.24) is 14.9 Å². The molecule has 0 N–H and O–H groups in total. The van der Waals surface area contributed by atoms with Gasteiger partial charge in [-0.2, -0.15) is 10.5 Å². The Balaban J connectivity index is 1.99. The van der Waals surface area contributed by atoms with Crippen LogP contribution in [-0.2, 0) is 15.6 Å². The minimum Gasteiger partial charge on any atom is -0.315 e. The standard InChI is InChI=1S/C21H20N6O3/c1-19(2)20(3)6-7-21(19,18(28)26(10-8-22)11-9-23)17-16(20)24-14-5-4-13(27(29)30)12-15(14)25-17/h4-5,12H,6-7,10-11H2,1-3H3. The molecule has 2 unspecified atom stereocenters. The minimum atomic E-state index is -1.05. The number of hydrogen-bond donors (Lipinski definition) is 0. The summed E-state index contributed by atoms with van der Waals surface area (Å²) in [6, 6.07) is 8.27. The van der Waals surface area contributed by atoms with E-state index in [-0.39, 0.29) is 24.7 Å². The second-order valence-corrected chi connectivity index (χ2v) is 8.69. The largest absolute Gasteiger partial charge is 0.315 e. The van der Waals surface area contributed by atoms with Crippen molar-refractivity contribution < 1.29 is 9.72 Å². The maximum Gasteiger partial charge on any atom is 0.271 e. The molecule has 1 heterocycles. The van der Waals surface area contributed by atoms with Crippen molar-refractivity contribution in [3.05, 3.63) is 39.7 Å². The SMILES string of the molecule is CC12CCC(C(=O)N(CC#N)CC#N)(c3nc4cc([N+](=O)[O-])ccc4nc31)C2(C)C. The first-order chi connectivity index (χ1) is 14.1. The number of fused-ring (bicyclic) bond motifs is 6. The molecule has 1 amide bonds. The normalized spacial score (nSPS) is 25.4. The fourth-order valence-corrected chi connectivity index (χ4v) is 5.32. The zero-order valence-corrected chi connectivity index (χ0v) is 17.0. The maximum atomic E-state index is 13.8. The number of nitro groups is 1. The Labute approximate surface area is 173 Å². The van der Waals surface area contributed by atoms with Gasteiger partial charge in [-0.05, 0) is 24.3 Å². The first-order valence-electron chi connectivity index (χ1n) is 9.64. The van der Waals surface area contributed by atoms with E-state index in [9.17, 15) is 25.4 Å². The number of aromatic nitrogens is 2. The van der Waals surface area contributed by atoms with Crippen LogP contribution in [0.1, 0.15) is 45.0 Å². The third kappa shape index (κ3) is 2.18. The Kier molecular flexibility index (Phi) is 4.08.